The third kappa shape index (κ3) is 3.07. The molecule has 6 nitrogen and oxygen atoms in total. The van der Waals surface area contributed by atoms with Crippen LogP contribution in [0.3, 0.4) is 0 Å². The molecule has 2 N–H and O–H groups in total. The number of nitrogens with two attached hydrogens (primary N) is 1. The Morgan fingerprint density at radius 3 is 2.35 bits per heavy atom. The highest BCUT2D eigenvalue weighted by Crippen LogP contribution is 2.38. The van der Waals surface area contributed by atoms with Crippen LogP contribution in [0.1, 0.15) is 18.4 Å². The van der Waals surface area contributed by atoms with E-state index >= 15 is 0 Å². The number of carbonyl (C=O) groups is 2. The molecule has 1 aromatic rings. The number of hydrogen-bond acceptors (Lipinski definition) is 5. The maximum absolute atomic E-state index is 12.2. The van der Waals surface area contributed by atoms with E-state index < -0.39 is 11.5 Å². The quantitative estimate of drug-likeness (QED) is 0.676. The van der Waals surface area contributed by atoms with Crippen LogP contribution in [0.4, 0.5) is 4.79 Å². The van der Waals surface area contributed by atoms with E-state index in [0.717, 1.165) is 16.7 Å². The number of esters is 1. The summed E-state index contributed by atoms with van der Waals surface area (Å²) in [5.74, 6) is -0.398. The number of methoxy groups -OCH3 is 1. The highest BCUT2D eigenvalue weighted by atomic mass is 16.6. The Hall–Kier alpha value is -2.34. The van der Waals surface area contributed by atoms with Crippen LogP contribution in [-0.2, 0) is 20.9 Å². The molecule has 0 atom stereocenters. The van der Waals surface area contributed by atoms with Gasteiger partial charge in [0.2, 0.25) is 0 Å². The van der Waals surface area contributed by atoms with Gasteiger partial charge in [0.15, 0.2) is 0 Å². The lowest BCUT2D eigenvalue weighted by atomic mass is 9.95. The lowest BCUT2D eigenvalue weighted by Crippen LogP contribution is -2.48. The molecule has 3 rings (SSSR count). The first-order valence-corrected chi connectivity index (χ1v) is 7.54. The fourth-order valence-electron chi connectivity index (χ4n) is 3.21. The van der Waals surface area contributed by atoms with Crippen LogP contribution in [0.2, 0.25) is 0 Å². The van der Waals surface area contributed by atoms with Crippen molar-refractivity contribution in [3.8, 4) is 0 Å². The molecular formula is C17H20N2O4. The fraction of sp³-hybridized carbons (Fsp3) is 0.412. The largest absolute Gasteiger partial charge is 0.468 e. The minimum absolute atomic E-state index is 0.254. The number of benzene rings is 1. The molecule has 122 valence electrons. The summed E-state index contributed by atoms with van der Waals surface area (Å²) in [5, 5.41) is 0. The van der Waals surface area contributed by atoms with Crippen molar-refractivity contribution >= 4 is 12.1 Å². The Bertz CT molecular complexity index is 636. The summed E-state index contributed by atoms with van der Waals surface area (Å²) in [7, 11) is 1.34. The molecule has 2 aliphatic rings. The molecule has 1 aliphatic carbocycles. The van der Waals surface area contributed by atoms with Crippen LogP contribution in [-0.4, -0.2) is 42.7 Å². The SMILES string of the molecule is COC(=O)C1(N)CC2=C(CN(C(=O)OCc3ccccc3)C2)C1. The zero-order chi connectivity index (χ0) is 16.4. The number of ether oxygens (including phenoxy) is 2. The van der Waals surface area contributed by atoms with Gasteiger partial charge in [-0.25, -0.2) is 4.79 Å². The molecule has 0 fully saturated rings. The molecule has 0 spiro atoms. The Labute approximate surface area is 134 Å². The second-order valence-corrected chi connectivity index (χ2v) is 6.10. The van der Waals surface area contributed by atoms with E-state index in [0.29, 0.717) is 25.9 Å². The van der Waals surface area contributed by atoms with Crippen molar-refractivity contribution in [2.75, 3.05) is 20.2 Å². The summed E-state index contributed by atoms with van der Waals surface area (Å²) in [5.41, 5.74) is 8.19. The van der Waals surface area contributed by atoms with Crippen LogP contribution in [0, 0.1) is 0 Å². The Morgan fingerprint density at radius 2 is 1.78 bits per heavy atom. The summed E-state index contributed by atoms with van der Waals surface area (Å²) in [4.78, 5) is 25.6. The Morgan fingerprint density at radius 1 is 1.17 bits per heavy atom. The second kappa shape index (κ2) is 6.04. The van der Waals surface area contributed by atoms with Crippen molar-refractivity contribution in [3.05, 3.63) is 47.0 Å². The summed E-state index contributed by atoms with van der Waals surface area (Å²) in [6, 6.07) is 9.55. The predicted molar refractivity (Wildman–Crippen MR) is 83.4 cm³/mol. The first-order chi connectivity index (χ1) is 11.0. The summed E-state index contributed by atoms with van der Waals surface area (Å²) >= 11 is 0. The highest BCUT2D eigenvalue weighted by Gasteiger charge is 2.46. The number of nitrogens with zero attached hydrogens (tertiary/aromatic N) is 1. The van der Waals surface area contributed by atoms with Crippen molar-refractivity contribution in [1.82, 2.24) is 4.90 Å². The van der Waals surface area contributed by atoms with E-state index in [4.69, 9.17) is 15.2 Å². The molecule has 6 heteroatoms. The molecule has 23 heavy (non-hydrogen) atoms. The first-order valence-electron chi connectivity index (χ1n) is 7.54. The van der Waals surface area contributed by atoms with E-state index in [-0.39, 0.29) is 12.7 Å². The Balaban J connectivity index is 1.53. The van der Waals surface area contributed by atoms with E-state index in [1.54, 1.807) is 4.90 Å². The third-order valence-electron chi connectivity index (χ3n) is 4.38. The van der Waals surface area contributed by atoms with Crippen molar-refractivity contribution in [2.45, 2.75) is 25.0 Å². The van der Waals surface area contributed by atoms with Gasteiger partial charge in [-0.15, -0.1) is 0 Å². The van der Waals surface area contributed by atoms with Crippen molar-refractivity contribution in [3.63, 3.8) is 0 Å². The zero-order valence-electron chi connectivity index (χ0n) is 13.1. The van der Waals surface area contributed by atoms with Gasteiger partial charge in [0.1, 0.15) is 12.1 Å². The van der Waals surface area contributed by atoms with Gasteiger partial charge in [0, 0.05) is 13.1 Å². The van der Waals surface area contributed by atoms with Crippen LogP contribution >= 0.6 is 0 Å². The lowest BCUT2D eigenvalue weighted by Gasteiger charge is -2.25. The summed E-state index contributed by atoms with van der Waals surface area (Å²) < 4.78 is 10.1. The number of likely N-dealkylation sites (tertiary alicyclic amines) is 1. The number of amides is 1. The highest BCUT2D eigenvalue weighted by molar-refractivity contribution is 5.83. The van der Waals surface area contributed by atoms with Crippen LogP contribution in [0.25, 0.3) is 0 Å². The average molecular weight is 316 g/mol. The predicted octanol–water partition coefficient (Wildman–Crippen LogP) is 1.60. The molecule has 0 radical (unpaired) electrons. The molecule has 0 saturated carbocycles. The van der Waals surface area contributed by atoms with Crippen LogP contribution in [0.15, 0.2) is 41.5 Å². The third-order valence-corrected chi connectivity index (χ3v) is 4.38. The monoisotopic (exact) mass is 316 g/mol. The maximum atomic E-state index is 12.2. The van der Waals surface area contributed by atoms with Gasteiger partial charge in [0.25, 0.3) is 0 Å². The van der Waals surface area contributed by atoms with Gasteiger partial charge in [0.05, 0.1) is 7.11 Å². The molecule has 0 bridgehead atoms. The van der Waals surface area contributed by atoms with Crippen molar-refractivity contribution in [1.29, 1.82) is 0 Å². The minimum atomic E-state index is -0.973. The van der Waals surface area contributed by atoms with Gasteiger partial charge in [-0.3, -0.25) is 4.79 Å². The van der Waals surface area contributed by atoms with Crippen LogP contribution < -0.4 is 5.73 Å². The summed E-state index contributed by atoms with van der Waals surface area (Å²) in [6.07, 6.45) is 0.540. The van der Waals surface area contributed by atoms with Gasteiger partial charge >= 0.3 is 12.1 Å². The first kappa shape index (κ1) is 15.6. The molecule has 1 heterocycles. The second-order valence-electron chi connectivity index (χ2n) is 6.10. The average Bonchev–Trinajstić information content (AvgIpc) is 3.08. The lowest BCUT2D eigenvalue weighted by molar-refractivity contribution is -0.146. The number of rotatable bonds is 3. The summed E-state index contributed by atoms with van der Waals surface area (Å²) in [6.45, 7) is 1.20. The standard InChI is InChI=1S/C17H20N2O4/c1-22-15(20)17(18)7-13-9-19(10-14(13)8-17)16(21)23-11-12-5-3-2-4-6-12/h2-6H,7-11,18H2,1H3. The van der Waals surface area contributed by atoms with Gasteiger partial charge in [-0.1, -0.05) is 30.3 Å². The normalized spacial score (nSPS) is 18.8. The fourth-order valence-corrected chi connectivity index (χ4v) is 3.21. The number of carbonyl (C=O) groups excluding carboxylic acids is 2. The molecule has 1 aliphatic heterocycles. The van der Waals surface area contributed by atoms with E-state index in [9.17, 15) is 9.59 Å². The molecule has 0 unspecified atom stereocenters. The van der Waals surface area contributed by atoms with Crippen molar-refractivity contribution < 1.29 is 19.1 Å². The number of hydrogen-bond donors (Lipinski definition) is 1. The molecule has 1 amide bonds. The topological polar surface area (TPSA) is 81.9 Å². The smallest absolute Gasteiger partial charge is 0.410 e. The van der Waals surface area contributed by atoms with Gasteiger partial charge in [-0.05, 0) is 29.6 Å². The minimum Gasteiger partial charge on any atom is -0.468 e. The van der Waals surface area contributed by atoms with Crippen molar-refractivity contribution in [2.24, 2.45) is 5.73 Å². The Kier molecular flexibility index (Phi) is 4.09. The molecular weight excluding hydrogens is 296 g/mol. The van der Waals surface area contributed by atoms with E-state index in [1.165, 1.54) is 7.11 Å². The van der Waals surface area contributed by atoms with E-state index in [1.807, 2.05) is 30.3 Å². The van der Waals surface area contributed by atoms with Crippen LogP contribution in [0.5, 0.6) is 0 Å². The van der Waals surface area contributed by atoms with Gasteiger partial charge in [-0.2, -0.15) is 0 Å². The molecule has 0 saturated heterocycles. The maximum Gasteiger partial charge on any atom is 0.410 e. The van der Waals surface area contributed by atoms with Gasteiger partial charge < -0.3 is 20.1 Å². The molecule has 1 aromatic carbocycles. The van der Waals surface area contributed by atoms with E-state index in [2.05, 4.69) is 0 Å². The zero-order valence-corrected chi connectivity index (χ0v) is 13.1. The molecule has 0 aromatic heterocycles.